The van der Waals surface area contributed by atoms with Crippen molar-refractivity contribution < 1.29 is 8.42 Å². The minimum absolute atomic E-state index is 0.102. The molecule has 1 aliphatic heterocycles. The van der Waals surface area contributed by atoms with Gasteiger partial charge in [-0.15, -0.1) is 0 Å². The van der Waals surface area contributed by atoms with E-state index < -0.39 is 10.0 Å². The van der Waals surface area contributed by atoms with Gasteiger partial charge in [0.1, 0.15) is 0 Å². The molecule has 5 nitrogen and oxygen atoms in total. The van der Waals surface area contributed by atoms with Gasteiger partial charge >= 0.3 is 0 Å². The Morgan fingerprint density at radius 3 is 2.94 bits per heavy atom. The smallest absolute Gasteiger partial charge is 0.213 e. The number of aromatic nitrogens is 1. The molecule has 6 heteroatoms. The molecule has 96 valence electrons. The molecule has 0 aliphatic carbocycles. The fraction of sp³-hybridized carbons (Fsp3) is 0.636. The van der Waals surface area contributed by atoms with E-state index in [9.17, 15) is 8.42 Å². The van der Waals surface area contributed by atoms with Crippen LogP contribution in [0.4, 0.5) is 0 Å². The van der Waals surface area contributed by atoms with Crippen molar-refractivity contribution in [2.45, 2.75) is 31.8 Å². The van der Waals surface area contributed by atoms with E-state index in [1.165, 1.54) is 0 Å². The normalized spacial score (nSPS) is 21.5. The van der Waals surface area contributed by atoms with Crippen LogP contribution in [-0.4, -0.2) is 31.7 Å². The second kappa shape index (κ2) is 5.66. The molecule has 1 atom stereocenters. The van der Waals surface area contributed by atoms with Crippen LogP contribution in [0.3, 0.4) is 0 Å². The molecule has 1 fully saturated rings. The first kappa shape index (κ1) is 12.6. The van der Waals surface area contributed by atoms with E-state index in [0.29, 0.717) is 6.54 Å². The van der Waals surface area contributed by atoms with Gasteiger partial charge in [-0.1, -0.05) is 6.42 Å². The molecule has 0 bridgehead atoms. The van der Waals surface area contributed by atoms with Gasteiger partial charge in [-0.25, -0.2) is 13.1 Å². The number of hydrogen-bond donors (Lipinski definition) is 3. The number of hydrogen-bond acceptors (Lipinski definition) is 3. The monoisotopic (exact) mass is 257 g/mol. The van der Waals surface area contributed by atoms with Crippen LogP contribution >= 0.6 is 0 Å². The van der Waals surface area contributed by atoms with E-state index in [1.807, 2.05) is 12.1 Å². The molecule has 2 heterocycles. The Balaban J connectivity index is 1.81. The first-order valence-corrected chi connectivity index (χ1v) is 7.64. The fourth-order valence-electron chi connectivity index (χ4n) is 2.06. The highest BCUT2D eigenvalue weighted by Gasteiger charge is 2.20. The molecule has 1 saturated heterocycles. The van der Waals surface area contributed by atoms with Crippen LogP contribution in [0.15, 0.2) is 18.3 Å². The summed E-state index contributed by atoms with van der Waals surface area (Å²) in [5.74, 6) is 0.174. The number of sulfonamides is 1. The number of rotatable bonds is 5. The van der Waals surface area contributed by atoms with Gasteiger partial charge < -0.3 is 10.3 Å². The van der Waals surface area contributed by atoms with Gasteiger partial charge in [-0.2, -0.15) is 0 Å². The van der Waals surface area contributed by atoms with E-state index >= 15 is 0 Å². The number of aromatic amines is 1. The molecule has 0 aromatic carbocycles. The van der Waals surface area contributed by atoms with E-state index in [2.05, 4.69) is 15.0 Å². The van der Waals surface area contributed by atoms with Gasteiger partial charge in [-0.05, 0) is 31.5 Å². The molecule has 17 heavy (non-hydrogen) atoms. The van der Waals surface area contributed by atoms with Crippen molar-refractivity contribution in [2.24, 2.45) is 0 Å². The number of nitrogens with one attached hydrogen (secondary N) is 3. The lowest BCUT2D eigenvalue weighted by atomic mass is 10.1. The van der Waals surface area contributed by atoms with Crippen molar-refractivity contribution >= 4 is 10.0 Å². The Morgan fingerprint density at radius 1 is 1.41 bits per heavy atom. The highest BCUT2D eigenvalue weighted by molar-refractivity contribution is 7.89. The molecule has 1 aliphatic rings. The molecule has 1 aromatic rings. The van der Waals surface area contributed by atoms with Gasteiger partial charge in [0, 0.05) is 17.9 Å². The third-order valence-electron chi connectivity index (χ3n) is 2.98. The van der Waals surface area contributed by atoms with Crippen LogP contribution < -0.4 is 10.0 Å². The first-order chi connectivity index (χ1) is 8.16. The van der Waals surface area contributed by atoms with E-state index in [1.54, 1.807) is 6.20 Å². The molecular formula is C11H19N3O2S. The van der Waals surface area contributed by atoms with Crippen molar-refractivity contribution in [1.29, 1.82) is 0 Å². The molecule has 0 spiro atoms. The predicted octanol–water partition coefficient (Wildman–Crippen LogP) is 0.576. The first-order valence-electron chi connectivity index (χ1n) is 5.99. The van der Waals surface area contributed by atoms with Crippen molar-refractivity contribution in [3.63, 3.8) is 0 Å². The van der Waals surface area contributed by atoms with Crippen LogP contribution in [-0.2, 0) is 16.6 Å². The van der Waals surface area contributed by atoms with E-state index in [0.717, 1.165) is 31.5 Å². The molecule has 0 amide bonds. The van der Waals surface area contributed by atoms with Crippen LogP contribution in [0, 0.1) is 0 Å². The highest BCUT2D eigenvalue weighted by atomic mass is 32.2. The van der Waals surface area contributed by atoms with Crippen molar-refractivity contribution in [3.8, 4) is 0 Å². The molecule has 2 rings (SSSR count). The molecular weight excluding hydrogens is 238 g/mol. The van der Waals surface area contributed by atoms with Crippen LogP contribution in [0.5, 0.6) is 0 Å². The quantitative estimate of drug-likeness (QED) is 0.722. The van der Waals surface area contributed by atoms with Gasteiger partial charge in [0.15, 0.2) is 0 Å². The van der Waals surface area contributed by atoms with E-state index in [-0.39, 0.29) is 11.8 Å². The SMILES string of the molecule is O=S(=O)(CC1CCCCN1)NCc1ccc[nH]1. The van der Waals surface area contributed by atoms with Gasteiger partial charge in [0.25, 0.3) is 0 Å². The molecule has 0 saturated carbocycles. The standard InChI is InChI=1S/C11H19N3O2S/c15-17(16,9-11-4-1-2-6-13-11)14-8-10-5-3-7-12-10/h3,5,7,11-14H,1-2,4,6,8-9H2. The Hall–Kier alpha value is -0.850. The lowest BCUT2D eigenvalue weighted by Crippen LogP contribution is -2.42. The van der Waals surface area contributed by atoms with Gasteiger partial charge in [0.05, 0.1) is 12.3 Å². The van der Waals surface area contributed by atoms with Crippen molar-refractivity contribution in [2.75, 3.05) is 12.3 Å². The van der Waals surface area contributed by atoms with Crippen LogP contribution in [0.25, 0.3) is 0 Å². The summed E-state index contributed by atoms with van der Waals surface area (Å²) in [7, 11) is -3.19. The summed E-state index contributed by atoms with van der Waals surface area (Å²) >= 11 is 0. The van der Waals surface area contributed by atoms with Gasteiger partial charge in [-0.3, -0.25) is 0 Å². The molecule has 1 aromatic heterocycles. The average molecular weight is 257 g/mol. The van der Waals surface area contributed by atoms with Crippen LogP contribution in [0.1, 0.15) is 25.0 Å². The number of H-pyrrole nitrogens is 1. The average Bonchev–Trinajstić information content (AvgIpc) is 2.80. The zero-order chi connectivity index (χ0) is 12.1. The van der Waals surface area contributed by atoms with Gasteiger partial charge in [0.2, 0.25) is 10.0 Å². The van der Waals surface area contributed by atoms with Crippen molar-refractivity contribution in [3.05, 3.63) is 24.0 Å². The fourth-order valence-corrected chi connectivity index (χ4v) is 3.36. The summed E-state index contributed by atoms with van der Waals surface area (Å²) in [5, 5.41) is 3.24. The summed E-state index contributed by atoms with van der Waals surface area (Å²) < 4.78 is 26.3. The summed E-state index contributed by atoms with van der Waals surface area (Å²) in [4.78, 5) is 2.97. The molecule has 1 unspecified atom stereocenters. The minimum Gasteiger partial charge on any atom is -0.364 e. The Morgan fingerprint density at radius 2 is 2.29 bits per heavy atom. The Kier molecular flexibility index (Phi) is 4.20. The highest BCUT2D eigenvalue weighted by Crippen LogP contribution is 2.08. The number of piperidine rings is 1. The summed E-state index contributed by atoms with van der Waals surface area (Å²) in [6.45, 7) is 1.26. The van der Waals surface area contributed by atoms with E-state index in [4.69, 9.17) is 0 Å². The lowest BCUT2D eigenvalue weighted by molar-refractivity contribution is 0.422. The molecule has 3 N–H and O–H groups in total. The zero-order valence-electron chi connectivity index (χ0n) is 9.78. The van der Waals surface area contributed by atoms with Crippen molar-refractivity contribution in [1.82, 2.24) is 15.0 Å². The Labute approximate surface area is 102 Å². The Bertz CT molecular complexity index is 422. The maximum Gasteiger partial charge on any atom is 0.213 e. The third-order valence-corrected chi connectivity index (χ3v) is 4.40. The lowest BCUT2D eigenvalue weighted by Gasteiger charge is -2.23. The summed E-state index contributed by atoms with van der Waals surface area (Å²) in [6.07, 6.45) is 4.99. The predicted molar refractivity (Wildman–Crippen MR) is 67.1 cm³/mol. The molecule has 0 radical (unpaired) electrons. The zero-order valence-corrected chi connectivity index (χ0v) is 10.6. The second-order valence-electron chi connectivity index (χ2n) is 4.44. The topological polar surface area (TPSA) is 74.0 Å². The third kappa shape index (κ3) is 4.14. The summed E-state index contributed by atoms with van der Waals surface area (Å²) in [5.41, 5.74) is 0.880. The maximum atomic E-state index is 11.8. The largest absolute Gasteiger partial charge is 0.364 e. The summed E-state index contributed by atoms with van der Waals surface area (Å²) in [6, 6.07) is 3.82. The maximum absolute atomic E-state index is 11.8. The minimum atomic E-state index is -3.19. The second-order valence-corrected chi connectivity index (χ2v) is 6.30. The van der Waals surface area contributed by atoms with Crippen LogP contribution in [0.2, 0.25) is 0 Å².